The summed E-state index contributed by atoms with van der Waals surface area (Å²) in [7, 11) is 0. The highest BCUT2D eigenvalue weighted by Crippen LogP contribution is 2.04. The number of carboxylic acid groups (broad SMARTS) is 1. The van der Waals surface area contributed by atoms with Crippen LogP contribution >= 0.6 is 22.6 Å². The van der Waals surface area contributed by atoms with E-state index in [0.717, 1.165) is 0 Å². The zero-order valence-electron chi connectivity index (χ0n) is 3.89. The maximum absolute atomic E-state index is 9.89. The molecular weight excluding hydrogens is 207 g/mol. The smallest absolute Gasteiger partial charge is 0.307 e. The average Bonchev–Trinajstić information content (AvgIpc) is 1.65. The summed E-state index contributed by atoms with van der Waals surface area (Å²) in [6.07, 6.45) is 0. The van der Waals surface area contributed by atoms with E-state index in [-0.39, 0.29) is 5.92 Å². The Bertz CT molecular complexity index is 72.1. The van der Waals surface area contributed by atoms with E-state index in [4.69, 9.17) is 5.11 Å². The molecule has 0 rings (SSSR count). The van der Waals surface area contributed by atoms with Crippen molar-refractivity contribution in [2.24, 2.45) is 5.92 Å². The van der Waals surface area contributed by atoms with Gasteiger partial charge in [-0.15, -0.1) is 0 Å². The van der Waals surface area contributed by atoms with Crippen LogP contribution in [0.2, 0.25) is 0 Å². The second-order valence-corrected chi connectivity index (χ2v) is 1.97. The summed E-state index contributed by atoms with van der Waals surface area (Å²) < 4.78 is 1.61. The number of carboxylic acids is 1. The van der Waals surface area contributed by atoms with Crippen LogP contribution in [-0.4, -0.2) is 11.1 Å². The van der Waals surface area contributed by atoms with Crippen LogP contribution in [0, 0.1) is 10.3 Å². The van der Waals surface area contributed by atoms with Crippen molar-refractivity contribution in [1.82, 2.24) is 0 Å². The quantitative estimate of drug-likeness (QED) is 0.702. The Morgan fingerprint density at radius 3 is 2.43 bits per heavy atom. The van der Waals surface area contributed by atoms with Crippen LogP contribution in [0.25, 0.3) is 0 Å². The van der Waals surface area contributed by atoms with Crippen molar-refractivity contribution in [3.05, 3.63) is 4.43 Å². The molecule has 0 bridgehead atoms. The lowest BCUT2D eigenvalue weighted by Crippen LogP contribution is -2.06. The second kappa shape index (κ2) is 3.23. The number of rotatable bonds is 2. The molecule has 0 saturated carbocycles. The molecule has 0 aromatic rings. The van der Waals surface area contributed by atoms with Crippen molar-refractivity contribution in [2.45, 2.75) is 6.92 Å². The molecule has 0 fully saturated rings. The molecule has 0 spiro atoms. The first-order chi connectivity index (χ1) is 3.18. The first-order valence-corrected chi connectivity index (χ1v) is 3.09. The van der Waals surface area contributed by atoms with Crippen molar-refractivity contribution in [1.29, 1.82) is 0 Å². The number of carbonyl (C=O) groups is 1. The number of aliphatic carboxylic acids is 1. The van der Waals surface area contributed by atoms with E-state index in [9.17, 15) is 4.79 Å². The lowest BCUT2D eigenvalue weighted by molar-refractivity contribution is -0.139. The fraction of sp³-hybridized carbons (Fsp3) is 0.500. The van der Waals surface area contributed by atoms with E-state index in [2.05, 4.69) is 0 Å². The summed E-state index contributed by atoms with van der Waals surface area (Å²) in [6, 6.07) is 0. The van der Waals surface area contributed by atoms with E-state index in [0.29, 0.717) is 0 Å². The lowest BCUT2D eigenvalue weighted by Gasteiger charge is -1.94. The van der Waals surface area contributed by atoms with Crippen molar-refractivity contribution >= 4 is 28.6 Å². The van der Waals surface area contributed by atoms with Gasteiger partial charge in [0, 0.05) is 4.43 Å². The lowest BCUT2D eigenvalue weighted by atomic mass is 10.2. The van der Waals surface area contributed by atoms with Crippen LogP contribution in [0.5, 0.6) is 0 Å². The van der Waals surface area contributed by atoms with Gasteiger partial charge in [0.05, 0.1) is 5.92 Å². The van der Waals surface area contributed by atoms with Gasteiger partial charge in [-0.2, -0.15) is 0 Å². The highest BCUT2D eigenvalue weighted by atomic mass is 127. The molecule has 0 aliphatic rings. The molecule has 0 unspecified atom stereocenters. The Morgan fingerprint density at radius 2 is 2.43 bits per heavy atom. The monoisotopic (exact) mass is 213 g/mol. The Hall–Kier alpha value is 0.200. The van der Waals surface area contributed by atoms with E-state index < -0.39 is 5.97 Å². The maximum atomic E-state index is 9.89. The molecule has 0 heterocycles. The molecule has 0 aromatic carbocycles. The predicted octanol–water partition coefficient (Wildman–Crippen LogP) is 1.30. The molecule has 41 valence electrons. The molecule has 1 N–H and O–H groups in total. The van der Waals surface area contributed by atoms with E-state index in [1.807, 2.05) is 22.6 Å². The van der Waals surface area contributed by atoms with Crippen molar-refractivity contribution < 1.29 is 9.90 Å². The van der Waals surface area contributed by atoms with Gasteiger partial charge in [-0.3, -0.25) is 4.79 Å². The Labute approximate surface area is 56.1 Å². The molecule has 0 aromatic heterocycles. The van der Waals surface area contributed by atoms with Gasteiger partial charge in [0.2, 0.25) is 0 Å². The molecule has 0 aliphatic heterocycles. The first-order valence-electron chi connectivity index (χ1n) is 1.85. The van der Waals surface area contributed by atoms with Crippen LogP contribution in [-0.2, 0) is 4.79 Å². The van der Waals surface area contributed by atoms with Crippen molar-refractivity contribution in [3.63, 3.8) is 0 Å². The zero-order valence-corrected chi connectivity index (χ0v) is 6.05. The minimum absolute atomic E-state index is 0.319. The van der Waals surface area contributed by atoms with E-state index in [1.165, 1.54) is 0 Å². The highest BCUT2D eigenvalue weighted by Gasteiger charge is 2.06. The SMILES string of the molecule is C[C@@H]([CH]I)C(=O)O. The van der Waals surface area contributed by atoms with Crippen LogP contribution in [0.15, 0.2) is 0 Å². The number of hydrogen-bond acceptors (Lipinski definition) is 1. The van der Waals surface area contributed by atoms with Crippen LogP contribution in [0.1, 0.15) is 6.92 Å². The Kier molecular flexibility index (Phi) is 3.33. The maximum Gasteiger partial charge on any atom is 0.307 e. The van der Waals surface area contributed by atoms with E-state index >= 15 is 0 Å². The van der Waals surface area contributed by atoms with Crippen molar-refractivity contribution in [2.75, 3.05) is 0 Å². The average molecular weight is 213 g/mol. The van der Waals surface area contributed by atoms with Gasteiger partial charge >= 0.3 is 5.97 Å². The topological polar surface area (TPSA) is 37.3 Å². The van der Waals surface area contributed by atoms with Gasteiger partial charge in [-0.1, -0.05) is 29.5 Å². The summed E-state index contributed by atoms with van der Waals surface area (Å²) in [4.78, 5) is 9.89. The third-order valence-corrected chi connectivity index (χ3v) is 1.66. The molecule has 1 atom stereocenters. The van der Waals surface area contributed by atoms with Crippen LogP contribution in [0.3, 0.4) is 0 Å². The zero-order chi connectivity index (χ0) is 5.86. The third kappa shape index (κ3) is 2.85. The van der Waals surface area contributed by atoms with Gasteiger partial charge in [0.25, 0.3) is 0 Å². The Morgan fingerprint density at radius 1 is 2.00 bits per heavy atom. The normalized spacial score (nSPS) is 13.4. The van der Waals surface area contributed by atoms with Gasteiger partial charge in [0.1, 0.15) is 0 Å². The Balaban J connectivity index is 3.34. The molecular formula is C4H6IO2. The molecule has 7 heavy (non-hydrogen) atoms. The highest BCUT2D eigenvalue weighted by molar-refractivity contribution is 14.1. The van der Waals surface area contributed by atoms with Crippen LogP contribution in [0.4, 0.5) is 0 Å². The van der Waals surface area contributed by atoms with Gasteiger partial charge < -0.3 is 5.11 Å². The van der Waals surface area contributed by atoms with Gasteiger partial charge in [-0.05, 0) is 0 Å². The summed E-state index contributed by atoms with van der Waals surface area (Å²) in [5, 5.41) is 8.15. The molecule has 3 heteroatoms. The first kappa shape index (κ1) is 7.20. The minimum atomic E-state index is -0.769. The fourth-order valence-electron chi connectivity index (χ4n) is 0.0539. The molecule has 2 nitrogen and oxygen atoms in total. The molecule has 1 radical (unpaired) electrons. The summed E-state index contributed by atoms with van der Waals surface area (Å²) in [5.74, 6) is -1.09. The number of halogens is 1. The summed E-state index contributed by atoms with van der Waals surface area (Å²) >= 11 is 1.92. The molecule has 0 aliphatic carbocycles. The number of hydrogen-bond donors (Lipinski definition) is 1. The van der Waals surface area contributed by atoms with Gasteiger partial charge in [0.15, 0.2) is 0 Å². The van der Waals surface area contributed by atoms with Crippen LogP contribution < -0.4 is 0 Å². The van der Waals surface area contributed by atoms with E-state index in [1.54, 1.807) is 11.4 Å². The molecule has 0 saturated heterocycles. The minimum Gasteiger partial charge on any atom is -0.481 e. The second-order valence-electron chi connectivity index (χ2n) is 1.25. The standard InChI is InChI=1S/C4H6IO2/c1-3(2-5)4(6)7/h2-3H,1H3,(H,6,7)/t3-/m0/s1. The predicted molar refractivity (Wildman–Crippen MR) is 35.1 cm³/mol. The third-order valence-electron chi connectivity index (χ3n) is 0.579. The van der Waals surface area contributed by atoms with Crippen molar-refractivity contribution in [3.8, 4) is 0 Å². The van der Waals surface area contributed by atoms with Gasteiger partial charge in [-0.25, -0.2) is 0 Å². The largest absolute Gasteiger partial charge is 0.481 e. The molecule has 0 amide bonds. The summed E-state index contributed by atoms with van der Waals surface area (Å²) in [6.45, 7) is 1.63. The fourth-order valence-corrected chi connectivity index (χ4v) is 0.361. The summed E-state index contributed by atoms with van der Waals surface area (Å²) in [5.41, 5.74) is 0.